The van der Waals surface area contributed by atoms with E-state index in [-0.39, 0.29) is 5.69 Å². The van der Waals surface area contributed by atoms with Gasteiger partial charge in [-0.1, -0.05) is 24.3 Å². The maximum absolute atomic E-state index is 10.9. The SMILES string of the molecule is CCN(Cc1ccccc1C)c1ccc([N+](=O)[O-])c(C)n1. The predicted molar refractivity (Wildman–Crippen MR) is 83.5 cm³/mol. The Bertz CT molecular complexity index is 656. The van der Waals surface area contributed by atoms with Crippen molar-refractivity contribution in [1.82, 2.24) is 4.98 Å². The summed E-state index contributed by atoms with van der Waals surface area (Å²) in [4.78, 5) is 16.9. The van der Waals surface area contributed by atoms with Crippen molar-refractivity contribution >= 4 is 11.5 Å². The van der Waals surface area contributed by atoms with Crippen LogP contribution in [0.5, 0.6) is 0 Å². The zero-order valence-electron chi connectivity index (χ0n) is 12.5. The molecule has 110 valence electrons. The minimum atomic E-state index is -0.399. The molecule has 0 aliphatic heterocycles. The highest BCUT2D eigenvalue weighted by atomic mass is 16.6. The number of aromatic nitrogens is 1. The summed E-state index contributed by atoms with van der Waals surface area (Å²) in [5.74, 6) is 0.767. The summed E-state index contributed by atoms with van der Waals surface area (Å²) in [6, 6.07) is 11.5. The minimum absolute atomic E-state index is 0.0608. The van der Waals surface area contributed by atoms with Crippen molar-refractivity contribution in [2.75, 3.05) is 11.4 Å². The number of pyridine rings is 1. The number of nitro groups is 1. The Morgan fingerprint density at radius 2 is 1.90 bits per heavy atom. The molecule has 0 amide bonds. The van der Waals surface area contributed by atoms with E-state index in [1.807, 2.05) is 12.1 Å². The van der Waals surface area contributed by atoms with Crippen LogP contribution >= 0.6 is 0 Å². The number of aryl methyl sites for hydroxylation is 2. The molecule has 2 aromatic rings. The molecule has 0 atom stereocenters. The Balaban J connectivity index is 2.28. The van der Waals surface area contributed by atoms with Crippen LogP contribution in [0.3, 0.4) is 0 Å². The van der Waals surface area contributed by atoms with Gasteiger partial charge in [0.2, 0.25) is 0 Å². The summed E-state index contributed by atoms with van der Waals surface area (Å²) in [6.07, 6.45) is 0. The van der Waals surface area contributed by atoms with Crippen molar-refractivity contribution in [2.24, 2.45) is 0 Å². The third-order valence-electron chi connectivity index (χ3n) is 3.57. The number of rotatable bonds is 5. The van der Waals surface area contributed by atoms with E-state index in [0.717, 1.165) is 18.9 Å². The van der Waals surface area contributed by atoms with Crippen LogP contribution in [0.1, 0.15) is 23.7 Å². The average Bonchev–Trinajstić information content (AvgIpc) is 2.46. The van der Waals surface area contributed by atoms with Gasteiger partial charge in [0.25, 0.3) is 5.69 Å². The monoisotopic (exact) mass is 285 g/mol. The standard InChI is InChI=1S/C16H19N3O2/c1-4-18(11-14-8-6-5-7-12(14)2)16-10-9-15(19(20)21)13(3)17-16/h5-10H,4,11H2,1-3H3. The second kappa shape index (κ2) is 6.35. The van der Waals surface area contributed by atoms with Crippen LogP contribution in [-0.4, -0.2) is 16.5 Å². The number of hydrogen-bond donors (Lipinski definition) is 0. The van der Waals surface area contributed by atoms with Crippen LogP contribution in [-0.2, 0) is 6.54 Å². The third-order valence-corrected chi connectivity index (χ3v) is 3.57. The molecule has 5 nitrogen and oxygen atoms in total. The molecule has 1 heterocycles. The van der Waals surface area contributed by atoms with Crippen molar-refractivity contribution in [2.45, 2.75) is 27.3 Å². The molecule has 0 aliphatic carbocycles. The van der Waals surface area contributed by atoms with Crippen molar-refractivity contribution in [3.8, 4) is 0 Å². The van der Waals surface area contributed by atoms with Crippen LogP contribution in [0.4, 0.5) is 11.5 Å². The summed E-state index contributed by atoms with van der Waals surface area (Å²) in [5.41, 5.74) is 2.97. The topological polar surface area (TPSA) is 59.3 Å². The molecule has 0 unspecified atom stereocenters. The highest BCUT2D eigenvalue weighted by molar-refractivity contribution is 5.47. The maximum Gasteiger partial charge on any atom is 0.290 e. The quantitative estimate of drug-likeness (QED) is 0.621. The Kier molecular flexibility index (Phi) is 4.52. The molecule has 0 N–H and O–H groups in total. The summed E-state index contributed by atoms with van der Waals surface area (Å²) >= 11 is 0. The van der Waals surface area contributed by atoms with Gasteiger partial charge in [0.05, 0.1) is 4.92 Å². The fourth-order valence-corrected chi connectivity index (χ4v) is 2.26. The predicted octanol–water partition coefficient (Wildman–Crippen LogP) is 3.63. The van der Waals surface area contributed by atoms with Gasteiger partial charge in [-0.3, -0.25) is 10.1 Å². The van der Waals surface area contributed by atoms with E-state index in [2.05, 4.69) is 35.9 Å². The minimum Gasteiger partial charge on any atom is -0.353 e. The first kappa shape index (κ1) is 15.0. The molecular formula is C16H19N3O2. The second-order valence-electron chi connectivity index (χ2n) is 4.97. The van der Waals surface area contributed by atoms with Crippen molar-refractivity contribution < 1.29 is 4.92 Å². The first-order chi connectivity index (χ1) is 10.0. The molecule has 5 heteroatoms. The Morgan fingerprint density at radius 1 is 1.19 bits per heavy atom. The van der Waals surface area contributed by atoms with Gasteiger partial charge in [0.15, 0.2) is 0 Å². The van der Waals surface area contributed by atoms with Crippen LogP contribution in [0.2, 0.25) is 0 Å². The highest BCUT2D eigenvalue weighted by Gasteiger charge is 2.15. The van der Waals surface area contributed by atoms with Crippen molar-refractivity contribution in [1.29, 1.82) is 0 Å². The third kappa shape index (κ3) is 3.37. The molecule has 2 rings (SSSR count). The molecule has 0 aliphatic rings. The van der Waals surface area contributed by atoms with Gasteiger partial charge >= 0.3 is 0 Å². The average molecular weight is 285 g/mol. The zero-order chi connectivity index (χ0) is 15.4. The first-order valence-corrected chi connectivity index (χ1v) is 6.94. The van der Waals surface area contributed by atoms with E-state index in [1.165, 1.54) is 17.2 Å². The Hall–Kier alpha value is -2.43. The molecule has 0 saturated carbocycles. The normalized spacial score (nSPS) is 10.4. The van der Waals surface area contributed by atoms with Crippen LogP contribution in [0.15, 0.2) is 36.4 Å². The van der Waals surface area contributed by atoms with Crippen molar-refractivity contribution in [3.05, 3.63) is 63.3 Å². The number of benzene rings is 1. The van der Waals surface area contributed by atoms with Gasteiger partial charge < -0.3 is 4.90 Å². The van der Waals surface area contributed by atoms with Gasteiger partial charge in [-0.25, -0.2) is 4.98 Å². The number of anilines is 1. The molecule has 0 saturated heterocycles. The molecule has 0 bridgehead atoms. The molecular weight excluding hydrogens is 266 g/mol. The van der Waals surface area contributed by atoms with Gasteiger partial charge in [-0.05, 0) is 38.0 Å². The molecule has 0 spiro atoms. The largest absolute Gasteiger partial charge is 0.353 e. The molecule has 1 aromatic carbocycles. The van der Waals surface area contributed by atoms with Gasteiger partial charge in [0.1, 0.15) is 11.5 Å². The van der Waals surface area contributed by atoms with E-state index < -0.39 is 4.92 Å². The van der Waals surface area contributed by atoms with Crippen LogP contribution in [0, 0.1) is 24.0 Å². The zero-order valence-corrected chi connectivity index (χ0v) is 12.5. The lowest BCUT2D eigenvalue weighted by Crippen LogP contribution is -2.23. The van der Waals surface area contributed by atoms with Gasteiger partial charge in [-0.15, -0.1) is 0 Å². The lowest BCUT2D eigenvalue weighted by molar-refractivity contribution is -0.385. The Labute approximate surface area is 124 Å². The maximum atomic E-state index is 10.9. The summed E-state index contributed by atoms with van der Waals surface area (Å²) in [6.45, 7) is 7.34. The molecule has 0 fully saturated rings. The van der Waals surface area contributed by atoms with E-state index >= 15 is 0 Å². The van der Waals surface area contributed by atoms with Crippen LogP contribution in [0.25, 0.3) is 0 Å². The lowest BCUT2D eigenvalue weighted by atomic mass is 10.1. The fraction of sp³-hybridized carbons (Fsp3) is 0.312. The second-order valence-corrected chi connectivity index (χ2v) is 4.97. The van der Waals surface area contributed by atoms with E-state index in [1.54, 1.807) is 13.0 Å². The van der Waals surface area contributed by atoms with Gasteiger partial charge in [0, 0.05) is 19.2 Å². The molecule has 1 aromatic heterocycles. The fourth-order valence-electron chi connectivity index (χ4n) is 2.26. The number of nitrogens with zero attached hydrogens (tertiary/aromatic N) is 3. The number of hydrogen-bond acceptors (Lipinski definition) is 4. The summed E-state index contributed by atoms with van der Waals surface area (Å²) in [5, 5.41) is 10.9. The summed E-state index contributed by atoms with van der Waals surface area (Å²) < 4.78 is 0. The van der Waals surface area contributed by atoms with Crippen LogP contribution < -0.4 is 4.90 Å². The van der Waals surface area contributed by atoms with E-state index in [0.29, 0.717) is 5.69 Å². The summed E-state index contributed by atoms with van der Waals surface area (Å²) in [7, 11) is 0. The van der Waals surface area contributed by atoms with Crippen molar-refractivity contribution in [3.63, 3.8) is 0 Å². The Morgan fingerprint density at radius 3 is 2.48 bits per heavy atom. The first-order valence-electron chi connectivity index (χ1n) is 6.94. The molecule has 21 heavy (non-hydrogen) atoms. The lowest BCUT2D eigenvalue weighted by Gasteiger charge is -2.23. The van der Waals surface area contributed by atoms with Gasteiger partial charge in [-0.2, -0.15) is 0 Å². The van der Waals surface area contributed by atoms with E-state index in [4.69, 9.17) is 0 Å². The molecule has 0 radical (unpaired) electrons. The smallest absolute Gasteiger partial charge is 0.290 e. The highest BCUT2D eigenvalue weighted by Crippen LogP contribution is 2.22. The van der Waals surface area contributed by atoms with E-state index in [9.17, 15) is 10.1 Å².